The molecule has 0 saturated carbocycles. The molecule has 1 aromatic heterocycles. The molecule has 0 aromatic carbocycles. The molecule has 0 aliphatic heterocycles. The van der Waals surface area contributed by atoms with E-state index < -0.39 is 0 Å². The fourth-order valence-corrected chi connectivity index (χ4v) is 0.888. The van der Waals surface area contributed by atoms with Gasteiger partial charge < -0.3 is 0 Å². The molecule has 0 atom stereocenters. The second kappa shape index (κ2) is 10.7. The molecule has 1 heteroatoms. The lowest BCUT2D eigenvalue weighted by molar-refractivity contribution is 1.27. The van der Waals surface area contributed by atoms with Gasteiger partial charge in [0.05, 0.1) is 0 Å². The maximum atomic E-state index is 4.01. The van der Waals surface area contributed by atoms with E-state index in [-0.39, 0.29) is 0 Å². The van der Waals surface area contributed by atoms with E-state index in [9.17, 15) is 0 Å². The van der Waals surface area contributed by atoms with Gasteiger partial charge in [0.25, 0.3) is 0 Å². The van der Waals surface area contributed by atoms with Gasteiger partial charge in [-0.3, -0.25) is 4.98 Å². The summed E-state index contributed by atoms with van der Waals surface area (Å²) in [6, 6.07) is 1.89. The van der Waals surface area contributed by atoms with Crippen LogP contribution in [-0.2, 0) is 0 Å². The van der Waals surface area contributed by atoms with Crippen LogP contribution in [0.5, 0.6) is 0 Å². The number of allylic oxidation sites excluding steroid dienone is 1. The zero-order valence-electron chi connectivity index (χ0n) is 10.7. The van der Waals surface area contributed by atoms with E-state index in [2.05, 4.69) is 18.1 Å². The van der Waals surface area contributed by atoms with Gasteiger partial charge >= 0.3 is 0 Å². The summed E-state index contributed by atoms with van der Waals surface area (Å²) >= 11 is 0. The Hall–Kier alpha value is -1.37. The van der Waals surface area contributed by atoms with E-state index in [4.69, 9.17) is 0 Å². The molecule has 0 bridgehead atoms. The van der Waals surface area contributed by atoms with Gasteiger partial charge in [-0.15, -0.1) is 0 Å². The third-order valence-corrected chi connectivity index (χ3v) is 1.64. The van der Waals surface area contributed by atoms with Crippen LogP contribution in [0.3, 0.4) is 0 Å². The average molecular weight is 205 g/mol. The number of nitrogens with zero attached hydrogens (tertiary/aromatic N) is 1. The molecular formula is C14H23N. The Morgan fingerprint density at radius 2 is 1.80 bits per heavy atom. The van der Waals surface area contributed by atoms with Crippen molar-refractivity contribution < 1.29 is 0 Å². The lowest BCUT2D eigenvalue weighted by Crippen LogP contribution is -2.24. The third kappa shape index (κ3) is 5.84. The number of hydrogen-bond acceptors (Lipinski definition) is 1. The summed E-state index contributed by atoms with van der Waals surface area (Å²) in [5.41, 5.74) is 1.11. The van der Waals surface area contributed by atoms with Gasteiger partial charge in [0, 0.05) is 17.6 Å². The van der Waals surface area contributed by atoms with Gasteiger partial charge in [0.15, 0.2) is 0 Å². The quantitative estimate of drug-likeness (QED) is 0.687. The molecule has 0 aliphatic rings. The molecule has 0 spiro atoms. The van der Waals surface area contributed by atoms with E-state index in [0.717, 1.165) is 16.0 Å². The van der Waals surface area contributed by atoms with Crippen LogP contribution >= 0.6 is 0 Å². The highest BCUT2D eigenvalue weighted by Gasteiger charge is 1.84. The molecule has 1 aromatic rings. The van der Waals surface area contributed by atoms with Crippen LogP contribution in [0.1, 0.15) is 34.6 Å². The molecule has 0 amide bonds. The lowest BCUT2D eigenvalue weighted by Gasteiger charge is -1.90. The molecule has 0 saturated heterocycles. The molecule has 0 N–H and O–H groups in total. The van der Waals surface area contributed by atoms with Crippen molar-refractivity contribution in [3.05, 3.63) is 41.6 Å². The summed E-state index contributed by atoms with van der Waals surface area (Å²) in [5.74, 6) is 0. The van der Waals surface area contributed by atoms with Crippen molar-refractivity contribution in [2.24, 2.45) is 0 Å². The van der Waals surface area contributed by atoms with Crippen molar-refractivity contribution in [2.45, 2.75) is 34.6 Å². The second-order valence-electron chi connectivity index (χ2n) is 2.42. The molecule has 15 heavy (non-hydrogen) atoms. The zero-order chi connectivity index (χ0) is 12.3. The molecule has 1 nitrogen and oxygen atoms in total. The number of hydrogen-bond donors (Lipinski definition) is 0. The van der Waals surface area contributed by atoms with Crippen molar-refractivity contribution in [3.63, 3.8) is 0 Å². The van der Waals surface area contributed by atoms with Crippen molar-refractivity contribution in [3.8, 4) is 0 Å². The summed E-state index contributed by atoms with van der Waals surface area (Å²) in [4.78, 5) is 4.01. The normalized spacial score (nSPS) is 9.93. The predicted molar refractivity (Wildman–Crippen MR) is 71.0 cm³/mol. The van der Waals surface area contributed by atoms with Crippen LogP contribution in [0.2, 0.25) is 0 Å². The molecule has 84 valence electrons. The van der Waals surface area contributed by atoms with E-state index in [1.54, 1.807) is 12.4 Å². The zero-order valence-corrected chi connectivity index (χ0v) is 10.7. The van der Waals surface area contributed by atoms with Crippen LogP contribution in [0, 0.1) is 0 Å². The first-order valence-electron chi connectivity index (χ1n) is 5.48. The highest BCUT2D eigenvalue weighted by Crippen LogP contribution is 1.86. The van der Waals surface area contributed by atoms with Crippen molar-refractivity contribution in [2.75, 3.05) is 0 Å². The first-order valence-corrected chi connectivity index (χ1v) is 5.48. The van der Waals surface area contributed by atoms with E-state index in [1.807, 2.05) is 46.8 Å². The van der Waals surface area contributed by atoms with Gasteiger partial charge in [-0.2, -0.15) is 0 Å². The minimum Gasteiger partial charge on any atom is -0.264 e. The van der Waals surface area contributed by atoms with Crippen LogP contribution in [-0.4, -0.2) is 4.98 Å². The van der Waals surface area contributed by atoms with E-state index >= 15 is 0 Å². The van der Waals surface area contributed by atoms with Gasteiger partial charge in [0.2, 0.25) is 0 Å². The minimum absolute atomic E-state index is 0.998. The van der Waals surface area contributed by atoms with E-state index in [1.165, 1.54) is 0 Å². The predicted octanol–water partition coefficient (Wildman–Crippen LogP) is 2.90. The Balaban J connectivity index is 0. The number of rotatable bonds is 1. The summed E-state index contributed by atoms with van der Waals surface area (Å²) in [7, 11) is 0. The first-order chi connectivity index (χ1) is 7.25. The molecule has 1 heterocycles. The number of pyridine rings is 1. The monoisotopic (exact) mass is 205 g/mol. The topological polar surface area (TPSA) is 12.9 Å². The first kappa shape index (κ1) is 16.1. The van der Waals surface area contributed by atoms with Gasteiger partial charge in [-0.05, 0) is 23.8 Å². The fraction of sp³-hybridized carbons (Fsp3) is 0.357. The summed E-state index contributed by atoms with van der Waals surface area (Å²) in [5, 5.41) is 2.07. The Morgan fingerprint density at radius 1 is 1.27 bits per heavy atom. The summed E-state index contributed by atoms with van der Waals surface area (Å²) < 4.78 is 0. The highest BCUT2D eigenvalue weighted by molar-refractivity contribution is 5.52. The molecular weight excluding hydrogens is 182 g/mol. The Kier molecular flexibility index (Phi) is 11.5. The van der Waals surface area contributed by atoms with Gasteiger partial charge in [-0.25, -0.2) is 0 Å². The lowest BCUT2D eigenvalue weighted by atomic mass is 10.2. The molecule has 0 fully saturated rings. The van der Waals surface area contributed by atoms with Crippen molar-refractivity contribution in [1.29, 1.82) is 0 Å². The minimum atomic E-state index is 0.998. The smallest absolute Gasteiger partial charge is 0.0348 e. The Bertz CT molecular complexity index is 363. The van der Waals surface area contributed by atoms with Crippen LogP contribution < -0.4 is 10.4 Å². The highest BCUT2D eigenvalue weighted by atomic mass is 14.6. The largest absolute Gasteiger partial charge is 0.264 e. The molecule has 0 unspecified atom stereocenters. The fourth-order valence-electron chi connectivity index (χ4n) is 0.888. The second-order valence-corrected chi connectivity index (χ2v) is 2.42. The maximum Gasteiger partial charge on any atom is 0.0348 e. The van der Waals surface area contributed by atoms with Gasteiger partial charge in [0.1, 0.15) is 0 Å². The molecule has 1 rings (SSSR count). The molecule has 0 radical (unpaired) electrons. The summed E-state index contributed by atoms with van der Waals surface area (Å²) in [6.45, 7) is 17.6. The van der Waals surface area contributed by atoms with Crippen LogP contribution in [0.4, 0.5) is 0 Å². The van der Waals surface area contributed by atoms with Crippen LogP contribution in [0.25, 0.3) is 12.2 Å². The average Bonchev–Trinajstić information content (AvgIpc) is 2.34. The van der Waals surface area contributed by atoms with Crippen LogP contribution in [0.15, 0.2) is 31.1 Å². The standard InChI is InChI=1S/C10H11N.2C2H6/c1-4-8(2)10-7-11-6-5-9(10)3;2*1-2/h4-7H,1,3H2,2H3;2*1-2H3/b10-8-;;. The molecule has 0 aliphatic carbocycles. The van der Waals surface area contributed by atoms with Gasteiger partial charge in [-0.1, -0.05) is 46.9 Å². The van der Waals surface area contributed by atoms with Crippen molar-refractivity contribution in [1.82, 2.24) is 4.98 Å². The summed E-state index contributed by atoms with van der Waals surface area (Å²) in [6.07, 6.45) is 5.35. The Labute approximate surface area is 93.9 Å². The third-order valence-electron chi connectivity index (χ3n) is 1.64. The SMILES string of the molecule is C=C/C(C)=c1/cnccc1=C.CC.CC. The van der Waals surface area contributed by atoms with Crippen molar-refractivity contribution >= 4 is 12.2 Å². The number of aromatic nitrogens is 1. The Morgan fingerprint density at radius 3 is 2.20 bits per heavy atom. The van der Waals surface area contributed by atoms with E-state index in [0.29, 0.717) is 0 Å². The maximum absolute atomic E-state index is 4.01.